The Bertz CT molecular complexity index is 471. The minimum Gasteiger partial charge on any atom is -0.497 e. The maximum Gasteiger partial charge on any atom is 0.123 e. The average molecular weight is 299 g/mol. The molecule has 0 saturated carbocycles. The summed E-state index contributed by atoms with van der Waals surface area (Å²) < 4.78 is 11.6. The van der Waals surface area contributed by atoms with Crippen molar-refractivity contribution in [1.82, 2.24) is 0 Å². The highest BCUT2D eigenvalue weighted by molar-refractivity contribution is 9.11. The van der Waals surface area contributed by atoms with E-state index in [0.717, 1.165) is 20.8 Å². The summed E-state index contributed by atoms with van der Waals surface area (Å²) in [4.78, 5) is 1.18. The van der Waals surface area contributed by atoms with Gasteiger partial charge in [-0.05, 0) is 45.8 Å². The Balaban J connectivity index is 2.47. The predicted octanol–water partition coefficient (Wildman–Crippen LogP) is 4.19. The predicted molar refractivity (Wildman–Crippen MR) is 70.6 cm³/mol. The molecule has 0 radical (unpaired) electrons. The molecule has 0 aliphatic carbocycles. The largest absolute Gasteiger partial charge is 0.497 e. The van der Waals surface area contributed by atoms with Crippen molar-refractivity contribution < 1.29 is 9.47 Å². The first-order valence-electron chi connectivity index (χ1n) is 4.71. The topological polar surface area (TPSA) is 18.5 Å². The van der Waals surface area contributed by atoms with Gasteiger partial charge in [0.2, 0.25) is 0 Å². The molecule has 0 spiro atoms. The van der Waals surface area contributed by atoms with E-state index in [9.17, 15) is 0 Å². The molecular weight excluding hydrogens is 288 g/mol. The van der Waals surface area contributed by atoms with Gasteiger partial charge in [0.15, 0.2) is 0 Å². The number of rotatable bonds is 3. The Morgan fingerprint density at radius 2 is 1.62 bits per heavy atom. The Hall–Kier alpha value is -1.000. The van der Waals surface area contributed by atoms with E-state index in [0.29, 0.717) is 0 Å². The molecule has 0 aliphatic rings. The third-order valence-electron chi connectivity index (χ3n) is 2.21. The van der Waals surface area contributed by atoms with E-state index in [1.807, 2.05) is 24.3 Å². The molecule has 4 heteroatoms. The number of methoxy groups -OCH3 is 2. The number of thiophene rings is 1. The third-order valence-corrected chi connectivity index (χ3v) is 3.88. The van der Waals surface area contributed by atoms with Crippen LogP contribution in [0.15, 0.2) is 34.1 Å². The van der Waals surface area contributed by atoms with Gasteiger partial charge in [-0.3, -0.25) is 0 Å². The molecule has 1 aromatic heterocycles. The van der Waals surface area contributed by atoms with E-state index in [-0.39, 0.29) is 0 Å². The Labute approximate surface area is 107 Å². The fourth-order valence-electron chi connectivity index (χ4n) is 1.42. The zero-order chi connectivity index (χ0) is 11.5. The smallest absolute Gasteiger partial charge is 0.123 e. The summed E-state index contributed by atoms with van der Waals surface area (Å²) in [5.74, 6) is 1.61. The van der Waals surface area contributed by atoms with Crippen LogP contribution in [0.25, 0.3) is 10.4 Å². The second kappa shape index (κ2) is 4.89. The molecule has 16 heavy (non-hydrogen) atoms. The first-order valence-corrected chi connectivity index (χ1v) is 6.32. The van der Waals surface area contributed by atoms with E-state index < -0.39 is 0 Å². The van der Waals surface area contributed by atoms with Gasteiger partial charge in [-0.25, -0.2) is 0 Å². The van der Waals surface area contributed by atoms with Gasteiger partial charge in [0.25, 0.3) is 0 Å². The second-order valence-corrected chi connectivity index (χ2v) is 5.67. The van der Waals surface area contributed by atoms with Gasteiger partial charge >= 0.3 is 0 Å². The molecule has 2 nitrogen and oxygen atoms in total. The van der Waals surface area contributed by atoms with E-state index in [1.54, 1.807) is 25.6 Å². The molecule has 2 rings (SSSR count). The normalized spacial score (nSPS) is 10.2. The SMILES string of the molecule is COc1cc(OC)cc(-c2ccc(Br)s2)c1. The quantitative estimate of drug-likeness (QED) is 0.846. The van der Waals surface area contributed by atoms with E-state index in [1.165, 1.54) is 4.88 Å². The van der Waals surface area contributed by atoms with Crippen molar-refractivity contribution in [1.29, 1.82) is 0 Å². The first-order chi connectivity index (χ1) is 7.72. The zero-order valence-electron chi connectivity index (χ0n) is 8.99. The van der Waals surface area contributed by atoms with Crippen LogP contribution in [-0.2, 0) is 0 Å². The fourth-order valence-corrected chi connectivity index (χ4v) is 2.79. The Morgan fingerprint density at radius 3 is 2.06 bits per heavy atom. The highest BCUT2D eigenvalue weighted by atomic mass is 79.9. The summed E-state index contributed by atoms with van der Waals surface area (Å²) in [5, 5.41) is 0. The van der Waals surface area contributed by atoms with Crippen LogP contribution in [0.1, 0.15) is 0 Å². The van der Waals surface area contributed by atoms with Gasteiger partial charge < -0.3 is 9.47 Å². The fraction of sp³-hybridized carbons (Fsp3) is 0.167. The lowest BCUT2D eigenvalue weighted by Crippen LogP contribution is -1.87. The van der Waals surface area contributed by atoms with Crippen molar-refractivity contribution in [3.63, 3.8) is 0 Å². The number of benzene rings is 1. The lowest BCUT2D eigenvalue weighted by molar-refractivity contribution is 0.394. The molecule has 0 aliphatic heterocycles. The van der Waals surface area contributed by atoms with Crippen LogP contribution in [0, 0.1) is 0 Å². The van der Waals surface area contributed by atoms with Crippen LogP contribution in [0.2, 0.25) is 0 Å². The molecule has 0 N–H and O–H groups in total. The lowest BCUT2D eigenvalue weighted by Gasteiger charge is -2.06. The summed E-state index contributed by atoms with van der Waals surface area (Å²) in [5.41, 5.74) is 1.10. The van der Waals surface area contributed by atoms with Crippen LogP contribution in [-0.4, -0.2) is 14.2 Å². The van der Waals surface area contributed by atoms with Crippen LogP contribution >= 0.6 is 27.3 Å². The van der Waals surface area contributed by atoms with Gasteiger partial charge in [0, 0.05) is 10.9 Å². The number of halogens is 1. The van der Waals surface area contributed by atoms with Gasteiger partial charge in [-0.2, -0.15) is 0 Å². The first kappa shape index (κ1) is 11.5. The van der Waals surface area contributed by atoms with Crippen molar-refractivity contribution in [2.45, 2.75) is 0 Å². The van der Waals surface area contributed by atoms with Gasteiger partial charge in [0.1, 0.15) is 11.5 Å². The molecule has 0 amide bonds. The summed E-state index contributed by atoms with van der Waals surface area (Å²) >= 11 is 5.14. The van der Waals surface area contributed by atoms with Crippen LogP contribution in [0.4, 0.5) is 0 Å². The standard InChI is InChI=1S/C12H11BrO2S/c1-14-9-5-8(6-10(7-9)15-2)11-3-4-12(13)16-11/h3-7H,1-2H3. The summed E-state index contributed by atoms with van der Waals surface area (Å²) in [7, 11) is 3.31. The molecular formula is C12H11BrO2S. The highest BCUT2D eigenvalue weighted by Crippen LogP contribution is 2.35. The molecule has 1 aromatic carbocycles. The molecule has 0 saturated heterocycles. The molecule has 0 unspecified atom stereocenters. The minimum atomic E-state index is 0.805. The second-order valence-electron chi connectivity index (χ2n) is 3.21. The summed E-state index contributed by atoms with van der Waals surface area (Å²) in [6, 6.07) is 9.97. The molecule has 84 valence electrons. The van der Waals surface area contributed by atoms with Gasteiger partial charge in [-0.1, -0.05) is 0 Å². The highest BCUT2D eigenvalue weighted by Gasteiger charge is 2.06. The van der Waals surface area contributed by atoms with E-state index >= 15 is 0 Å². The number of hydrogen-bond donors (Lipinski definition) is 0. The lowest BCUT2D eigenvalue weighted by atomic mass is 10.1. The van der Waals surface area contributed by atoms with E-state index in [2.05, 4.69) is 22.0 Å². The third kappa shape index (κ3) is 2.39. The van der Waals surface area contributed by atoms with Gasteiger partial charge in [0.05, 0.1) is 18.0 Å². The molecule has 0 bridgehead atoms. The van der Waals surface area contributed by atoms with Crippen LogP contribution in [0.3, 0.4) is 0 Å². The van der Waals surface area contributed by atoms with Crippen LogP contribution in [0.5, 0.6) is 11.5 Å². The zero-order valence-corrected chi connectivity index (χ0v) is 11.4. The van der Waals surface area contributed by atoms with E-state index in [4.69, 9.17) is 9.47 Å². The monoisotopic (exact) mass is 298 g/mol. The number of hydrogen-bond acceptors (Lipinski definition) is 3. The van der Waals surface area contributed by atoms with Gasteiger partial charge in [-0.15, -0.1) is 11.3 Å². The maximum absolute atomic E-state index is 5.24. The molecule has 0 atom stereocenters. The van der Waals surface area contributed by atoms with Crippen molar-refractivity contribution in [3.8, 4) is 21.9 Å². The summed E-state index contributed by atoms with van der Waals surface area (Å²) in [6.07, 6.45) is 0. The number of ether oxygens (including phenoxy) is 2. The molecule has 0 fully saturated rings. The maximum atomic E-state index is 5.24. The van der Waals surface area contributed by atoms with Crippen LogP contribution < -0.4 is 9.47 Å². The van der Waals surface area contributed by atoms with Crippen molar-refractivity contribution in [2.75, 3.05) is 14.2 Å². The average Bonchev–Trinajstić information content (AvgIpc) is 2.75. The van der Waals surface area contributed by atoms with Crippen molar-refractivity contribution in [3.05, 3.63) is 34.1 Å². The molecule has 1 heterocycles. The van der Waals surface area contributed by atoms with Crippen molar-refractivity contribution in [2.24, 2.45) is 0 Å². The molecule has 2 aromatic rings. The minimum absolute atomic E-state index is 0.805. The Morgan fingerprint density at radius 1 is 1.00 bits per heavy atom. The van der Waals surface area contributed by atoms with Crippen molar-refractivity contribution >= 4 is 27.3 Å². The summed E-state index contributed by atoms with van der Waals surface area (Å²) in [6.45, 7) is 0. The Kier molecular flexibility index (Phi) is 3.51.